The maximum absolute atomic E-state index is 14.0. The number of carbonyl (C=O) groups excluding carboxylic acids is 3. The van der Waals surface area contributed by atoms with Crippen LogP contribution in [0, 0.1) is 0 Å². The first-order valence-electron chi connectivity index (χ1n) is 13.7. The molecule has 0 aromatic heterocycles. The molecule has 0 atom stereocenters. The predicted octanol–water partition coefficient (Wildman–Crippen LogP) is 3.02. The highest BCUT2D eigenvalue weighted by atomic mass is 16.7. The van der Waals surface area contributed by atoms with E-state index < -0.39 is 5.54 Å². The lowest BCUT2D eigenvalue weighted by molar-refractivity contribution is -0.137. The molecule has 0 aliphatic carbocycles. The van der Waals surface area contributed by atoms with Gasteiger partial charge in [-0.25, -0.2) is 0 Å². The van der Waals surface area contributed by atoms with Gasteiger partial charge in [-0.05, 0) is 60.9 Å². The second-order valence-electron chi connectivity index (χ2n) is 10.4. The monoisotopic (exact) mass is 556 g/mol. The molecule has 212 valence electrons. The smallest absolute Gasteiger partial charge is 0.253 e. The van der Waals surface area contributed by atoms with E-state index in [1.54, 1.807) is 41.2 Å². The van der Waals surface area contributed by atoms with Crippen LogP contribution in [0.5, 0.6) is 17.2 Å². The number of hydrogen-bond donors (Lipinski definition) is 1. The van der Waals surface area contributed by atoms with Gasteiger partial charge in [-0.2, -0.15) is 0 Å². The molecule has 0 bridgehead atoms. The van der Waals surface area contributed by atoms with E-state index in [1.165, 1.54) is 0 Å². The van der Waals surface area contributed by atoms with Crippen LogP contribution in [0.1, 0.15) is 28.8 Å². The van der Waals surface area contributed by atoms with Gasteiger partial charge >= 0.3 is 0 Å². The van der Waals surface area contributed by atoms with E-state index >= 15 is 0 Å². The Morgan fingerprint density at radius 1 is 0.951 bits per heavy atom. The maximum Gasteiger partial charge on any atom is 0.253 e. The Balaban J connectivity index is 1.14. The van der Waals surface area contributed by atoms with Gasteiger partial charge in [-0.15, -0.1) is 0 Å². The fourth-order valence-electron chi connectivity index (χ4n) is 5.82. The zero-order chi connectivity index (χ0) is 28.4. The summed E-state index contributed by atoms with van der Waals surface area (Å²) in [7, 11) is 1.57. The summed E-state index contributed by atoms with van der Waals surface area (Å²) in [5, 5.41) is 2.92. The molecule has 2 saturated heterocycles. The predicted molar refractivity (Wildman–Crippen MR) is 151 cm³/mol. The molecule has 6 rings (SSSR count). The van der Waals surface area contributed by atoms with E-state index in [0.717, 1.165) is 11.3 Å². The van der Waals surface area contributed by atoms with E-state index in [2.05, 4.69) is 10.2 Å². The molecule has 10 nitrogen and oxygen atoms in total. The van der Waals surface area contributed by atoms with Crippen LogP contribution in [-0.2, 0) is 16.1 Å². The van der Waals surface area contributed by atoms with Gasteiger partial charge in [-0.1, -0.05) is 30.3 Å². The van der Waals surface area contributed by atoms with Gasteiger partial charge in [0.05, 0.1) is 13.8 Å². The Morgan fingerprint density at radius 2 is 1.73 bits per heavy atom. The summed E-state index contributed by atoms with van der Waals surface area (Å²) in [6.45, 7) is 1.59. The van der Waals surface area contributed by atoms with Crippen LogP contribution >= 0.6 is 0 Å². The minimum absolute atomic E-state index is 0.0546. The third-order valence-electron chi connectivity index (χ3n) is 8.04. The van der Waals surface area contributed by atoms with Crippen LogP contribution in [0.3, 0.4) is 0 Å². The lowest BCUT2D eigenvalue weighted by atomic mass is 9.85. The lowest BCUT2D eigenvalue weighted by Crippen LogP contribution is -2.57. The van der Waals surface area contributed by atoms with Gasteiger partial charge in [-0.3, -0.25) is 14.4 Å². The SMILES string of the molecule is COc1cccc(C(=O)N2CCC3(CC2)C(=O)N(CC(=O)NCc2ccc4c(c2)OCO4)CN3c2ccccc2)c1. The van der Waals surface area contributed by atoms with E-state index in [4.69, 9.17) is 14.2 Å². The molecule has 0 radical (unpaired) electrons. The fraction of sp³-hybridized carbons (Fsp3) is 0.323. The van der Waals surface area contributed by atoms with E-state index in [0.29, 0.717) is 62.0 Å². The van der Waals surface area contributed by atoms with Crippen molar-refractivity contribution >= 4 is 23.4 Å². The fourth-order valence-corrected chi connectivity index (χ4v) is 5.82. The topological polar surface area (TPSA) is 101 Å². The first-order chi connectivity index (χ1) is 20.0. The quantitative estimate of drug-likeness (QED) is 0.478. The molecule has 0 saturated carbocycles. The van der Waals surface area contributed by atoms with Crippen molar-refractivity contribution in [3.63, 3.8) is 0 Å². The molecule has 3 aromatic rings. The molecule has 3 aromatic carbocycles. The summed E-state index contributed by atoms with van der Waals surface area (Å²) in [4.78, 5) is 45.7. The Kier molecular flexibility index (Phi) is 7.13. The molecule has 41 heavy (non-hydrogen) atoms. The van der Waals surface area contributed by atoms with Crippen LogP contribution in [-0.4, -0.2) is 73.3 Å². The average molecular weight is 557 g/mol. The number of nitrogens with zero attached hydrogens (tertiary/aromatic N) is 3. The average Bonchev–Trinajstić information content (AvgIpc) is 3.59. The highest BCUT2D eigenvalue weighted by molar-refractivity contribution is 5.98. The van der Waals surface area contributed by atoms with Crippen molar-refractivity contribution in [2.75, 3.05) is 45.1 Å². The molecule has 3 heterocycles. The summed E-state index contributed by atoms with van der Waals surface area (Å²) < 4.78 is 16.0. The minimum Gasteiger partial charge on any atom is -0.497 e. The molecule has 1 N–H and O–H groups in total. The zero-order valence-corrected chi connectivity index (χ0v) is 22.9. The summed E-state index contributed by atoms with van der Waals surface area (Å²) in [5.74, 6) is 1.54. The number of amides is 3. The van der Waals surface area contributed by atoms with Crippen molar-refractivity contribution in [1.29, 1.82) is 0 Å². The van der Waals surface area contributed by atoms with Crippen molar-refractivity contribution in [2.24, 2.45) is 0 Å². The molecule has 0 unspecified atom stereocenters. The van der Waals surface area contributed by atoms with Gasteiger partial charge < -0.3 is 34.2 Å². The Labute approximate surface area is 238 Å². The number of ether oxygens (including phenoxy) is 3. The second kappa shape index (κ2) is 11.0. The number of fused-ring (bicyclic) bond motifs is 1. The van der Waals surface area contributed by atoms with Crippen LogP contribution in [0.2, 0.25) is 0 Å². The summed E-state index contributed by atoms with van der Waals surface area (Å²) in [6, 6.07) is 22.4. The number of para-hydroxylation sites is 1. The number of likely N-dealkylation sites (tertiary alicyclic amines) is 1. The molecule has 3 aliphatic rings. The molecule has 1 spiro atoms. The second-order valence-corrected chi connectivity index (χ2v) is 10.4. The van der Waals surface area contributed by atoms with E-state index in [9.17, 15) is 14.4 Å². The standard InChI is InChI=1S/C31H32N4O6/c1-39-25-9-5-6-23(17-25)29(37)33-14-12-31(13-15-33)30(38)34(20-35(31)24-7-3-2-4-8-24)19-28(36)32-18-22-10-11-26-27(16-22)41-21-40-26/h2-11,16-17H,12-15,18-21H2,1H3,(H,32,36). The molecular weight excluding hydrogens is 524 g/mol. The van der Waals surface area contributed by atoms with Crippen molar-refractivity contribution in [1.82, 2.24) is 15.1 Å². The third kappa shape index (κ3) is 5.13. The molecule has 10 heteroatoms. The van der Waals surface area contributed by atoms with Gasteiger partial charge in [0.1, 0.15) is 17.8 Å². The van der Waals surface area contributed by atoms with Gasteiger partial charge in [0, 0.05) is 30.9 Å². The van der Waals surface area contributed by atoms with Crippen molar-refractivity contribution in [3.8, 4) is 17.2 Å². The Morgan fingerprint density at radius 3 is 2.51 bits per heavy atom. The highest BCUT2D eigenvalue weighted by Gasteiger charge is 2.54. The summed E-state index contributed by atoms with van der Waals surface area (Å²) in [5.41, 5.74) is 1.52. The van der Waals surface area contributed by atoms with Crippen molar-refractivity contribution < 1.29 is 28.6 Å². The third-order valence-corrected chi connectivity index (χ3v) is 8.04. The van der Waals surface area contributed by atoms with Crippen LogP contribution < -0.4 is 24.4 Å². The number of piperidine rings is 1. The van der Waals surface area contributed by atoms with E-state index in [1.807, 2.05) is 48.5 Å². The highest BCUT2D eigenvalue weighted by Crippen LogP contribution is 2.40. The molecule has 2 fully saturated rings. The summed E-state index contributed by atoms with van der Waals surface area (Å²) >= 11 is 0. The number of hydrogen-bond acceptors (Lipinski definition) is 7. The first kappa shape index (κ1) is 26.5. The number of nitrogens with one attached hydrogen (secondary N) is 1. The number of rotatable bonds is 7. The Hall–Kier alpha value is -4.73. The number of carbonyl (C=O) groups is 3. The first-order valence-corrected chi connectivity index (χ1v) is 13.7. The summed E-state index contributed by atoms with van der Waals surface area (Å²) in [6.07, 6.45) is 0.928. The normalized spacial score (nSPS) is 17.2. The minimum atomic E-state index is -0.829. The van der Waals surface area contributed by atoms with Gasteiger partial charge in [0.25, 0.3) is 11.8 Å². The van der Waals surface area contributed by atoms with E-state index in [-0.39, 0.29) is 31.1 Å². The zero-order valence-electron chi connectivity index (χ0n) is 22.9. The number of anilines is 1. The van der Waals surface area contributed by atoms with Crippen molar-refractivity contribution in [2.45, 2.75) is 24.9 Å². The molecule has 3 amide bonds. The lowest BCUT2D eigenvalue weighted by Gasteiger charge is -2.43. The van der Waals surface area contributed by atoms with Crippen LogP contribution in [0.25, 0.3) is 0 Å². The van der Waals surface area contributed by atoms with Crippen LogP contribution in [0.4, 0.5) is 5.69 Å². The molecule has 3 aliphatic heterocycles. The maximum atomic E-state index is 14.0. The number of benzene rings is 3. The van der Waals surface area contributed by atoms with Gasteiger partial charge in [0.2, 0.25) is 12.7 Å². The Bertz CT molecular complexity index is 1450. The number of methoxy groups -OCH3 is 1. The largest absolute Gasteiger partial charge is 0.497 e. The van der Waals surface area contributed by atoms with Crippen molar-refractivity contribution in [3.05, 3.63) is 83.9 Å². The van der Waals surface area contributed by atoms with Gasteiger partial charge in [0.15, 0.2) is 11.5 Å². The molecular formula is C31H32N4O6. The van der Waals surface area contributed by atoms with Crippen LogP contribution in [0.15, 0.2) is 72.8 Å².